The summed E-state index contributed by atoms with van der Waals surface area (Å²) in [5.41, 5.74) is 0.854. The zero-order chi connectivity index (χ0) is 9.84. The van der Waals surface area contributed by atoms with E-state index in [1.165, 1.54) is 7.11 Å². The Morgan fingerprint density at radius 3 is 3.00 bits per heavy atom. The first-order chi connectivity index (χ1) is 6.15. The van der Waals surface area contributed by atoms with Gasteiger partial charge in [-0.2, -0.15) is 0 Å². The van der Waals surface area contributed by atoms with E-state index in [0.29, 0.717) is 15.9 Å². The molecule has 1 aromatic rings. The number of oxime groups is 1. The molecule has 0 aliphatic carbocycles. The summed E-state index contributed by atoms with van der Waals surface area (Å²) in [6.07, 6.45) is 1.13. The van der Waals surface area contributed by atoms with Crippen LogP contribution in [0.2, 0.25) is 0 Å². The normalized spacial score (nSPS) is 11.5. The fraction of sp³-hybridized carbons (Fsp3) is 0.250. The molecular weight excluding hydrogens is 239 g/mol. The molecule has 0 unspecified atom stereocenters. The molecule has 0 spiro atoms. The van der Waals surface area contributed by atoms with E-state index in [1.807, 2.05) is 0 Å². The zero-order valence-corrected chi connectivity index (χ0v) is 8.80. The van der Waals surface area contributed by atoms with Crippen molar-refractivity contribution in [3.63, 3.8) is 0 Å². The average Bonchev–Trinajstić information content (AvgIpc) is 2.09. The van der Waals surface area contributed by atoms with E-state index in [0.717, 1.165) is 6.20 Å². The Morgan fingerprint density at radius 2 is 2.38 bits per heavy atom. The largest absolute Gasteiger partial charge is 0.399 e. The SMILES string of the molecule is CO/N=C(/C)c1cc(Br)ncc1F. The first-order valence-corrected chi connectivity index (χ1v) is 4.33. The first kappa shape index (κ1) is 10.1. The van der Waals surface area contributed by atoms with Crippen LogP contribution in [0.4, 0.5) is 4.39 Å². The van der Waals surface area contributed by atoms with Crippen molar-refractivity contribution in [2.45, 2.75) is 6.92 Å². The number of nitrogens with zero attached hydrogens (tertiary/aromatic N) is 2. The van der Waals surface area contributed by atoms with Crippen LogP contribution in [0.15, 0.2) is 22.0 Å². The van der Waals surface area contributed by atoms with Gasteiger partial charge in [-0.25, -0.2) is 9.37 Å². The predicted molar refractivity (Wildman–Crippen MR) is 51.1 cm³/mol. The Morgan fingerprint density at radius 1 is 1.69 bits per heavy atom. The van der Waals surface area contributed by atoms with Gasteiger partial charge in [0.1, 0.15) is 11.7 Å². The van der Waals surface area contributed by atoms with Crippen LogP contribution in [0.1, 0.15) is 12.5 Å². The molecule has 0 fully saturated rings. The molecular formula is C8H8BrFN2O. The maximum atomic E-state index is 13.1. The fourth-order valence-corrected chi connectivity index (χ4v) is 1.21. The van der Waals surface area contributed by atoms with Gasteiger partial charge in [-0.05, 0) is 28.9 Å². The van der Waals surface area contributed by atoms with Crippen molar-refractivity contribution in [3.8, 4) is 0 Å². The van der Waals surface area contributed by atoms with Crippen LogP contribution in [-0.2, 0) is 4.84 Å². The minimum atomic E-state index is -0.415. The lowest BCUT2D eigenvalue weighted by molar-refractivity contribution is 0.213. The monoisotopic (exact) mass is 246 g/mol. The van der Waals surface area contributed by atoms with E-state index in [9.17, 15) is 4.39 Å². The van der Waals surface area contributed by atoms with Crippen molar-refractivity contribution < 1.29 is 9.23 Å². The fourth-order valence-electron chi connectivity index (χ4n) is 0.877. The molecule has 5 heteroatoms. The lowest BCUT2D eigenvalue weighted by Crippen LogP contribution is -2.00. The van der Waals surface area contributed by atoms with Gasteiger partial charge < -0.3 is 4.84 Å². The highest BCUT2D eigenvalue weighted by Gasteiger charge is 2.06. The van der Waals surface area contributed by atoms with Crippen molar-refractivity contribution in [2.24, 2.45) is 5.16 Å². The summed E-state index contributed by atoms with van der Waals surface area (Å²) in [4.78, 5) is 8.27. The van der Waals surface area contributed by atoms with E-state index in [4.69, 9.17) is 0 Å². The molecule has 0 atom stereocenters. The lowest BCUT2D eigenvalue weighted by atomic mass is 10.2. The van der Waals surface area contributed by atoms with Crippen LogP contribution in [-0.4, -0.2) is 17.8 Å². The molecule has 0 amide bonds. The Bertz CT molecular complexity index is 341. The van der Waals surface area contributed by atoms with Gasteiger partial charge in [0.2, 0.25) is 0 Å². The van der Waals surface area contributed by atoms with Gasteiger partial charge in [0, 0.05) is 5.56 Å². The molecule has 0 aliphatic rings. The Hall–Kier alpha value is -0.970. The van der Waals surface area contributed by atoms with E-state index >= 15 is 0 Å². The van der Waals surface area contributed by atoms with Crippen molar-refractivity contribution in [1.82, 2.24) is 4.98 Å². The van der Waals surface area contributed by atoms with E-state index in [2.05, 4.69) is 30.9 Å². The topological polar surface area (TPSA) is 34.5 Å². The van der Waals surface area contributed by atoms with Gasteiger partial charge in [0.25, 0.3) is 0 Å². The molecule has 0 saturated heterocycles. The maximum Gasteiger partial charge on any atom is 0.150 e. The molecule has 0 saturated carbocycles. The number of hydrogen-bond donors (Lipinski definition) is 0. The van der Waals surface area contributed by atoms with Crippen LogP contribution in [0, 0.1) is 5.82 Å². The second kappa shape index (κ2) is 4.32. The molecule has 0 N–H and O–H groups in total. The molecule has 3 nitrogen and oxygen atoms in total. The molecule has 0 bridgehead atoms. The van der Waals surface area contributed by atoms with Gasteiger partial charge in [-0.1, -0.05) is 5.16 Å². The van der Waals surface area contributed by atoms with Crippen molar-refractivity contribution in [3.05, 3.63) is 28.2 Å². The second-order valence-electron chi connectivity index (χ2n) is 2.35. The van der Waals surface area contributed by atoms with Crippen molar-refractivity contribution in [2.75, 3.05) is 7.11 Å². The first-order valence-electron chi connectivity index (χ1n) is 3.54. The van der Waals surface area contributed by atoms with E-state index in [1.54, 1.807) is 13.0 Å². The standard InChI is InChI=1S/C8H8BrFN2O/c1-5(12-13-2)6-3-8(9)11-4-7(6)10/h3-4H,1-2H3/b12-5-. The summed E-state index contributed by atoms with van der Waals surface area (Å²) in [7, 11) is 1.41. The maximum absolute atomic E-state index is 13.1. The average molecular weight is 247 g/mol. The predicted octanol–water partition coefficient (Wildman–Crippen LogP) is 2.35. The summed E-state index contributed by atoms with van der Waals surface area (Å²) in [6.45, 7) is 1.66. The molecule has 0 radical (unpaired) electrons. The van der Waals surface area contributed by atoms with E-state index in [-0.39, 0.29) is 0 Å². The summed E-state index contributed by atoms with van der Waals surface area (Å²) in [6, 6.07) is 1.55. The highest BCUT2D eigenvalue weighted by atomic mass is 79.9. The van der Waals surface area contributed by atoms with Crippen LogP contribution >= 0.6 is 15.9 Å². The summed E-state index contributed by atoms with van der Waals surface area (Å²) in [5, 5.41) is 3.62. The highest BCUT2D eigenvalue weighted by Crippen LogP contribution is 2.13. The van der Waals surface area contributed by atoms with Crippen molar-refractivity contribution >= 4 is 21.6 Å². The minimum Gasteiger partial charge on any atom is -0.399 e. The van der Waals surface area contributed by atoms with Crippen molar-refractivity contribution in [1.29, 1.82) is 0 Å². The van der Waals surface area contributed by atoms with E-state index < -0.39 is 5.82 Å². The van der Waals surface area contributed by atoms with Gasteiger partial charge in [-0.15, -0.1) is 0 Å². The van der Waals surface area contributed by atoms with Crippen LogP contribution in [0.5, 0.6) is 0 Å². The number of pyridine rings is 1. The van der Waals surface area contributed by atoms with Gasteiger partial charge in [0.15, 0.2) is 5.82 Å². The third-order valence-electron chi connectivity index (χ3n) is 1.44. The zero-order valence-electron chi connectivity index (χ0n) is 7.21. The third-order valence-corrected chi connectivity index (χ3v) is 1.87. The third kappa shape index (κ3) is 2.48. The van der Waals surface area contributed by atoms with Gasteiger partial charge in [-0.3, -0.25) is 0 Å². The number of halogens is 2. The molecule has 0 aliphatic heterocycles. The number of hydrogen-bond acceptors (Lipinski definition) is 3. The quantitative estimate of drug-likeness (QED) is 0.456. The molecule has 13 heavy (non-hydrogen) atoms. The van der Waals surface area contributed by atoms with Gasteiger partial charge in [0.05, 0.1) is 11.9 Å². The minimum absolute atomic E-state index is 0.378. The molecule has 70 valence electrons. The highest BCUT2D eigenvalue weighted by molar-refractivity contribution is 9.10. The summed E-state index contributed by atoms with van der Waals surface area (Å²) < 4.78 is 13.7. The smallest absolute Gasteiger partial charge is 0.150 e. The lowest BCUT2D eigenvalue weighted by Gasteiger charge is -2.01. The Labute approximate surface area is 83.7 Å². The summed E-state index contributed by atoms with van der Waals surface area (Å²) >= 11 is 3.14. The number of rotatable bonds is 2. The Balaban J connectivity index is 3.13. The number of aromatic nitrogens is 1. The van der Waals surface area contributed by atoms with Gasteiger partial charge >= 0.3 is 0 Å². The van der Waals surface area contributed by atoms with Crippen LogP contribution < -0.4 is 0 Å². The van der Waals surface area contributed by atoms with Crippen LogP contribution in [0.25, 0.3) is 0 Å². The molecule has 1 aromatic heterocycles. The molecule has 1 rings (SSSR count). The van der Waals surface area contributed by atoms with Crippen LogP contribution in [0.3, 0.4) is 0 Å². The molecule has 0 aromatic carbocycles. The summed E-state index contributed by atoms with van der Waals surface area (Å²) in [5.74, 6) is -0.415. The molecule has 1 heterocycles. The second-order valence-corrected chi connectivity index (χ2v) is 3.16. The Kier molecular flexibility index (Phi) is 3.36.